The third-order valence-corrected chi connectivity index (χ3v) is 1.61. The molecule has 0 spiro atoms. The number of aromatic nitrogens is 2. The molecule has 0 radical (unpaired) electrons. The summed E-state index contributed by atoms with van der Waals surface area (Å²) in [5.74, 6) is 1.73. The second kappa shape index (κ2) is 2.59. The number of Topliss-reactive ketones (excluding diaryl/α,β-unsaturated/α-hetero) is 1. The van der Waals surface area contributed by atoms with Crippen molar-refractivity contribution in [2.75, 3.05) is 0 Å². The van der Waals surface area contributed by atoms with E-state index < -0.39 is 0 Å². The van der Waals surface area contributed by atoms with E-state index in [-0.39, 0.29) is 5.78 Å². The van der Waals surface area contributed by atoms with E-state index in [0.717, 1.165) is 5.69 Å². The summed E-state index contributed by atoms with van der Waals surface area (Å²) in [7, 11) is 1.77. The number of ketones is 1. The molecule has 1 heterocycles. The van der Waals surface area contributed by atoms with Gasteiger partial charge in [-0.2, -0.15) is 5.10 Å². The van der Waals surface area contributed by atoms with Crippen LogP contribution < -0.4 is 0 Å². The van der Waals surface area contributed by atoms with Crippen LogP contribution in [-0.2, 0) is 7.05 Å². The molecule has 1 aromatic rings. The van der Waals surface area contributed by atoms with Crippen LogP contribution >= 0.6 is 0 Å². The molecule has 0 aliphatic rings. The first-order valence-electron chi connectivity index (χ1n) is 3.16. The Bertz CT molecular complexity index is 330. The molecule has 3 nitrogen and oxygen atoms in total. The van der Waals surface area contributed by atoms with Crippen LogP contribution in [0.5, 0.6) is 0 Å². The number of carbonyl (C=O) groups excluding carboxylic acids is 1. The first kappa shape index (κ1) is 7.55. The van der Waals surface area contributed by atoms with Gasteiger partial charge in [-0.3, -0.25) is 9.48 Å². The molecule has 3 heteroatoms. The number of rotatable bonds is 1. The maximum Gasteiger partial charge on any atom is 0.239 e. The molecule has 0 bridgehead atoms. The van der Waals surface area contributed by atoms with Gasteiger partial charge >= 0.3 is 0 Å². The summed E-state index contributed by atoms with van der Waals surface area (Å²) in [5, 5.41) is 3.89. The van der Waals surface area contributed by atoms with Crippen molar-refractivity contribution in [1.82, 2.24) is 9.78 Å². The highest BCUT2D eigenvalue weighted by molar-refractivity contribution is 6.09. The van der Waals surface area contributed by atoms with Gasteiger partial charge < -0.3 is 0 Å². The topological polar surface area (TPSA) is 34.9 Å². The van der Waals surface area contributed by atoms with Gasteiger partial charge in [0.1, 0.15) is 0 Å². The van der Waals surface area contributed by atoms with Gasteiger partial charge in [0.05, 0.1) is 11.8 Å². The van der Waals surface area contributed by atoms with Crippen LogP contribution in [-0.4, -0.2) is 15.6 Å². The van der Waals surface area contributed by atoms with E-state index in [1.807, 2.05) is 5.92 Å². The second-order valence-corrected chi connectivity index (χ2v) is 2.24. The lowest BCUT2D eigenvalue weighted by atomic mass is 10.2. The average Bonchev–Trinajstić information content (AvgIpc) is 2.32. The maximum absolute atomic E-state index is 11.0. The summed E-state index contributed by atoms with van der Waals surface area (Å²) in [5.41, 5.74) is 1.31. The van der Waals surface area contributed by atoms with Gasteiger partial charge in [0.25, 0.3) is 0 Å². The van der Waals surface area contributed by atoms with Crippen LogP contribution in [0.4, 0.5) is 0 Å². The number of hydrogen-bond acceptors (Lipinski definition) is 2. The molecule has 0 saturated heterocycles. The Balaban J connectivity index is 3.17. The fourth-order valence-electron chi connectivity index (χ4n) is 0.799. The molecule has 0 fully saturated rings. The number of hydrogen-bond donors (Lipinski definition) is 0. The molecular formula is C8H8N2O. The lowest BCUT2D eigenvalue weighted by Crippen LogP contribution is -1.98. The Morgan fingerprint density at radius 3 is 2.82 bits per heavy atom. The Morgan fingerprint density at radius 2 is 2.45 bits per heavy atom. The molecule has 0 amide bonds. The van der Waals surface area contributed by atoms with Crippen LogP contribution in [0, 0.1) is 19.3 Å². The molecular weight excluding hydrogens is 140 g/mol. The smallest absolute Gasteiger partial charge is 0.239 e. The summed E-state index contributed by atoms with van der Waals surface area (Å²) in [6.07, 6.45) is 6.43. The van der Waals surface area contributed by atoms with Crippen LogP contribution in [0.1, 0.15) is 16.1 Å². The van der Waals surface area contributed by atoms with E-state index in [1.54, 1.807) is 18.7 Å². The first-order valence-corrected chi connectivity index (χ1v) is 3.16. The Labute approximate surface area is 65.0 Å². The molecule has 0 aliphatic carbocycles. The third kappa shape index (κ3) is 1.15. The van der Waals surface area contributed by atoms with Crippen molar-refractivity contribution < 1.29 is 4.79 Å². The molecule has 56 valence electrons. The van der Waals surface area contributed by atoms with Gasteiger partial charge in [-0.15, -0.1) is 6.42 Å². The summed E-state index contributed by atoms with van der Waals surface area (Å²) in [6, 6.07) is 0. The fourth-order valence-corrected chi connectivity index (χ4v) is 0.799. The van der Waals surface area contributed by atoms with Crippen LogP contribution in [0.3, 0.4) is 0 Å². The number of nitrogens with zero attached hydrogens (tertiary/aromatic N) is 2. The van der Waals surface area contributed by atoms with Gasteiger partial charge in [0, 0.05) is 12.7 Å². The maximum atomic E-state index is 11.0. The lowest BCUT2D eigenvalue weighted by Gasteiger charge is -1.92. The SMILES string of the molecule is C#CC(=O)c1cnn(C)c1C. The molecule has 11 heavy (non-hydrogen) atoms. The van der Waals surface area contributed by atoms with Crippen molar-refractivity contribution in [3.63, 3.8) is 0 Å². The third-order valence-electron chi connectivity index (χ3n) is 1.61. The summed E-state index contributed by atoms with van der Waals surface area (Å²) >= 11 is 0. The normalized spacial score (nSPS) is 9.18. The predicted molar refractivity (Wildman–Crippen MR) is 41.1 cm³/mol. The Kier molecular flexibility index (Phi) is 1.77. The molecule has 1 rings (SSSR count). The molecule has 0 unspecified atom stereocenters. The zero-order chi connectivity index (χ0) is 8.43. The van der Waals surface area contributed by atoms with E-state index in [4.69, 9.17) is 6.42 Å². The highest BCUT2D eigenvalue weighted by Crippen LogP contribution is 2.05. The van der Waals surface area contributed by atoms with Crippen molar-refractivity contribution in [3.05, 3.63) is 17.5 Å². The monoisotopic (exact) mass is 148 g/mol. The highest BCUT2D eigenvalue weighted by Gasteiger charge is 2.08. The fraction of sp³-hybridized carbons (Fsp3) is 0.250. The van der Waals surface area contributed by atoms with Crippen molar-refractivity contribution in [2.45, 2.75) is 6.92 Å². The molecule has 0 atom stereocenters. The number of carbonyl (C=O) groups is 1. The quantitative estimate of drug-likeness (QED) is 0.331. The largest absolute Gasteiger partial charge is 0.279 e. The minimum atomic E-state index is -0.310. The standard InChI is InChI=1S/C8H8N2O/c1-4-8(11)7-5-9-10(3)6(7)2/h1,5H,2-3H3. The minimum absolute atomic E-state index is 0.310. The zero-order valence-corrected chi connectivity index (χ0v) is 6.46. The van der Waals surface area contributed by atoms with Crippen LogP contribution in [0.2, 0.25) is 0 Å². The van der Waals surface area contributed by atoms with E-state index in [1.165, 1.54) is 6.20 Å². The van der Waals surface area contributed by atoms with E-state index >= 15 is 0 Å². The number of terminal acetylenes is 1. The van der Waals surface area contributed by atoms with E-state index in [2.05, 4.69) is 5.10 Å². The summed E-state index contributed by atoms with van der Waals surface area (Å²) in [4.78, 5) is 11.0. The Morgan fingerprint density at radius 1 is 1.82 bits per heavy atom. The van der Waals surface area contributed by atoms with E-state index in [9.17, 15) is 4.79 Å². The van der Waals surface area contributed by atoms with Crippen molar-refractivity contribution in [2.24, 2.45) is 7.05 Å². The average molecular weight is 148 g/mol. The second-order valence-electron chi connectivity index (χ2n) is 2.24. The Hall–Kier alpha value is -1.56. The predicted octanol–water partition coefficient (Wildman–Crippen LogP) is 0.544. The summed E-state index contributed by atoms with van der Waals surface area (Å²) in [6.45, 7) is 1.80. The van der Waals surface area contributed by atoms with Gasteiger partial charge in [-0.25, -0.2) is 0 Å². The zero-order valence-electron chi connectivity index (χ0n) is 6.46. The molecule has 1 aromatic heterocycles. The van der Waals surface area contributed by atoms with E-state index in [0.29, 0.717) is 5.56 Å². The lowest BCUT2D eigenvalue weighted by molar-refractivity contribution is 0.105. The molecule has 0 saturated carbocycles. The van der Waals surface area contributed by atoms with Crippen molar-refractivity contribution in [1.29, 1.82) is 0 Å². The van der Waals surface area contributed by atoms with Gasteiger partial charge in [0.15, 0.2) is 0 Å². The molecule has 0 aromatic carbocycles. The van der Waals surface area contributed by atoms with Gasteiger partial charge in [0.2, 0.25) is 5.78 Å². The molecule has 0 N–H and O–H groups in total. The minimum Gasteiger partial charge on any atom is -0.279 e. The van der Waals surface area contributed by atoms with Gasteiger partial charge in [-0.1, -0.05) is 0 Å². The van der Waals surface area contributed by atoms with Crippen molar-refractivity contribution in [3.8, 4) is 12.3 Å². The molecule has 0 aliphatic heterocycles. The highest BCUT2D eigenvalue weighted by atomic mass is 16.1. The van der Waals surface area contributed by atoms with Crippen LogP contribution in [0.15, 0.2) is 6.20 Å². The van der Waals surface area contributed by atoms with Crippen LogP contribution in [0.25, 0.3) is 0 Å². The summed E-state index contributed by atoms with van der Waals surface area (Å²) < 4.78 is 1.62. The van der Waals surface area contributed by atoms with Crippen molar-refractivity contribution >= 4 is 5.78 Å². The van der Waals surface area contributed by atoms with Gasteiger partial charge in [-0.05, 0) is 12.8 Å². The first-order chi connectivity index (χ1) is 5.16. The number of aryl methyl sites for hydroxylation is 1.